The lowest BCUT2D eigenvalue weighted by molar-refractivity contribution is -0.325. The van der Waals surface area contributed by atoms with E-state index >= 15 is 0 Å². The number of hydrogen-bond donors (Lipinski definition) is 1. The molecule has 1 aromatic rings. The van der Waals surface area contributed by atoms with Crippen LogP contribution in [-0.2, 0) is 10.3 Å². The molecule has 1 heterocycles. The van der Waals surface area contributed by atoms with Gasteiger partial charge in [-0.25, -0.2) is 0 Å². The van der Waals surface area contributed by atoms with E-state index in [9.17, 15) is 13.2 Å². The van der Waals surface area contributed by atoms with E-state index in [0.717, 1.165) is 19.3 Å². The SMILES string of the molecule is NC12CC(n3cc(OCCOC(F)(F)F)cn3)(C1)C2. The summed E-state index contributed by atoms with van der Waals surface area (Å²) < 4.78 is 45.8. The van der Waals surface area contributed by atoms with E-state index in [2.05, 4.69) is 9.84 Å². The molecule has 4 rings (SSSR count). The molecule has 1 aromatic heterocycles. The van der Waals surface area contributed by atoms with Crippen molar-refractivity contribution in [2.45, 2.75) is 36.7 Å². The highest BCUT2D eigenvalue weighted by atomic mass is 19.4. The fraction of sp³-hybridized carbons (Fsp3) is 0.727. The molecule has 0 atom stereocenters. The Morgan fingerprint density at radius 1 is 1.32 bits per heavy atom. The fourth-order valence-electron chi connectivity index (χ4n) is 3.01. The Hall–Kier alpha value is -1.28. The van der Waals surface area contributed by atoms with E-state index in [1.165, 1.54) is 6.20 Å². The zero-order chi connectivity index (χ0) is 13.7. The summed E-state index contributed by atoms with van der Waals surface area (Å²) in [5, 5.41) is 4.18. The maximum Gasteiger partial charge on any atom is 0.522 e. The predicted molar refractivity (Wildman–Crippen MR) is 58.5 cm³/mol. The second kappa shape index (κ2) is 3.86. The summed E-state index contributed by atoms with van der Waals surface area (Å²) in [6, 6.07) is 0. The summed E-state index contributed by atoms with van der Waals surface area (Å²) in [6.45, 7) is -0.704. The summed E-state index contributed by atoms with van der Waals surface area (Å²) in [7, 11) is 0. The van der Waals surface area contributed by atoms with Crippen LogP contribution in [-0.4, -0.2) is 34.9 Å². The second-order valence-electron chi connectivity index (χ2n) is 5.38. The van der Waals surface area contributed by atoms with Crippen LogP contribution in [0.15, 0.2) is 12.4 Å². The Balaban J connectivity index is 1.47. The van der Waals surface area contributed by atoms with E-state index in [-0.39, 0.29) is 17.7 Å². The molecule has 0 saturated heterocycles. The topological polar surface area (TPSA) is 62.3 Å². The number of hydrogen-bond acceptors (Lipinski definition) is 4. The number of ether oxygens (including phenoxy) is 2. The van der Waals surface area contributed by atoms with Crippen LogP contribution >= 0.6 is 0 Å². The average Bonchev–Trinajstić information content (AvgIpc) is 2.66. The van der Waals surface area contributed by atoms with Crippen molar-refractivity contribution in [3.8, 4) is 5.75 Å². The third kappa shape index (κ3) is 2.30. The number of rotatable bonds is 5. The van der Waals surface area contributed by atoms with Gasteiger partial charge in [0.2, 0.25) is 0 Å². The zero-order valence-electron chi connectivity index (χ0n) is 10.1. The Bertz CT molecular complexity index is 466. The monoisotopic (exact) mass is 277 g/mol. The van der Waals surface area contributed by atoms with E-state index in [4.69, 9.17) is 10.5 Å². The van der Waals surface area contributed by atoms with Crippen molar-refractivity contribution in [2.24, 2.45) is 5.73 Å². The first-order valence-corrected chi connectivity index (χ1v) is 5.98. The van der Waals surface area contributed by atoms with Gasteiger partial charge in [-0.3, -0.25) is 9.42 Å². The number of nitrogens with two attached hydrogens (primary N) is 1. The van der Waals surface area contributed by atoms with Gasteiger partial charge in [0, 0.05) is 5.54 Å². The van der Waals surface area contributed by atoms with Crippen molar-refractivity contribution in [3.63, 3.8) is 0 Å². The van der Waals surface area contributed by atoms with Crippen molar-refractivity contribution in [3.05, 3.63) is 12.4 Å². The van der Waals surface area contributed by atoms with E-state index in [0.29, 0.717) is 5.75 Å². The van der Waals surface area contributed by atoms with Gasteiger partial charge in [-0.15, -0.1) is 13.2 Å². The molecule has 3 saturated carbocycles. The molecule has 0 radical (unpaired) electrons. The molecule has 3 aliphatic carbocycles. The molecular formula is C11H14F3N3O2. The van der Waals surface area contributed by atoms with Crippen LogP contribution in [0.5, 0.6) is 5.75 Å². The number of alkyl halides is 3. The minimum absolute atomic E-state index is 0.0127. The second-order valence-corrected chi connectivity index (χ2v) is 5.38. The molecule has 2 bridgehead atoms. The predicted octanol–water partition coefficient (Wildman–Crippen LogP) is 1.39. The highest BCUT2D eigenvalue weighted by Crippen LogP contribution is 2.63. The van der Waals surface area contributed by atoms with Crippen LogP contribution in [0.3, 0.4) is 0 Å². The third-order valence-corrected chi connectivity index (χ3v) is 3.71. The van der Waals surface area contributed by atoms with Crippen LogP contribution in [0.25, 0.3) is 0 Å². The smallest absolute Gasteiger partial charge is 0.488 e. The molecule has 2 N–H and O–H groups in total. The van der Waals surface area contributed by atoms with Crippen LogP contribution in [0.1, 0.15) is 19.3 Å². The lowest BCUT2D eigenvalue weighted by atomic mass is 9.45. The molecular weight excluding hydrogens is 263 g/mol. The van der Waals surface area contributed by atoms with Gasteiger partial charge in [0.1, 0.15) is 6.61 Å². The van der Waals surface area contributed by atoms with Crippen molar-refractivity contribution in [1.29, 1.82) is 0 Å². The number of nitrogens with zero attached hydrogens (tertiary/aromatic N) is 2. The molecule has 106 valence electrons. The lowest BCUT2D eigenvalue weighted by Gasteiger charge is -2.68. The first-order chi connectivity index (χ1) is 8.80. The molecule has 5 nitrogen and oxygen atoms in total. The maximum absolute atomic E-state index is 11.7. The third-order valence-electron chi connectivity index (χ3n) is 3.71. The maximum atomic E-state index is 11.7. The van der Waals surface area contributed by atoms with Gasteiger partial charge in [0.25, 0.3) is 0 Å². The quantitative estimate of drug-likeness (QED) is 0.826. The lowest BCUT2D eigenvalue weighted by Crippen LogP contribution is -2.76. The minimum atomic E-state index is -4.62. The Morgan fingerprint density at radius 3 is 2.58 bits per heavy atom. The standard InChI is InChI=1S/C11H14F3N3O2/c12-11(13,14)19-2-1-18-8-3-16-17(4-8)10-5-9(15,6-10)7-10/h3-4H,1-2,5-7,15H2. The zero-order valence-corrected chi connectivity index (χ0v) is 10.1. The van der Waals surface area contributed by atoms with Crippen molar-refractivity contribution < 1.29 is 22.6 Å². The van der Waals surface area contributed by atoms with Crippen molar-refractivity contribution in [2.75, 3.05) is 13.2 Å². The first-order valence-electron chi connectivity index (χ1n) is 5.98. The molecule has 3 aliphatic rings. The molecule has 0 aromatic carbocycles. The Morgan fingerprint density at radius 2 is 2.00 bits per heavy atom. The van der Waals surface area contributed by atoms with Gasteiger partial charge in [-0.2, -0.15) is 5.10 Å². The highest BCUT2D eigenvalue weighted by Gasteiger charge is 2.67. The van der Waals surface area contributed by atoms with Crippen LogP contribution in [0.4, 0.5) is 13.2 Å². The van der Waals surface area contributed by atoms with Gasteiger partial charge < -0.3 is 10.5 Å². The fourth-order valence-corrected chi connectivity index (χ4v) is 3.01. The average molecular weight is 277 g/mol. The Kier molecular flexibility index (Phi) is 2.59. The van der Waals surface area contributed by atoms with Crippen LogP contribution in [0.2, 0.25) is 0 Å². The minimum Gasteiger partial charge on any atom is -0.488 e. The van der Waals surface area contributed by atoms with Crippen LogP contribution in [0, 0.1) is 0 Å². The molecule has 0 unspecified atom stereocenters. The molecule has 0 amide bonds. The molecule has 3 fully saturated rings. The van der Waals surface area contributed by atoms with Gasteiger partial charge >= 0.3 is 6.36 Å². The molecule has 19 heavy (non-hydrogen) atoms. The van der Waals surface area contributed by atoms with E-state index in [1.807, 2.05) is 4.68 Å². The van der Waals surface area contributed by atoms with Gasteiger partial charge in [0.15, 0.2) is 5.75 Å². The summed E-state index contributed by atoms with van der Waals surface area (Å²) in [4.78, 5) is 0. The Labute approximate surface area is 107 Å². The number of halogens is 3. The normalized spacial score (nSPS) is 32.6. The van der Waals surface area contributed by atoms with E-state index < -0.39 is 13.0 Å². The van der Waals surface area contributed by atoms with Crippen LogP contribution < -0.4 is 10.5 Å². The largest absolute Gasteiger partial charge is 0.522 e. The highest BCUT2D eigenvalue weighted by molar-refractivity contribution is 5.27. The van der Waals surface area contributed by atoms with Gasteiger partial charge in [0.05, 0.1) is 24.5 Å². The first kappa shape index (κ1) is 12.7. The summed E-state index contributed by atoms with van der Waals surface area (Å²) in [6.07, 6.45) is 1.28. The molecule has 0 spiro atoms. The molecule has 8 heteroatoms. The van der Waals surface area contributed by atoms with E-state index in [1.54, 1.807) is 6.20 Å². The van der Waals surface area contributed by atoms with Gasteiger partial charge in [-0.1, -0.05) is 0 Å². The van der Waals surface area contributed by atoms with Gasteiger partial charge in [-0.05, 0) is 19.3 Å². The molecule has 0 aliphatic heterocycles. The van der Waals surface area contributed by atoms with Crippen molar-refractivity contribution >= 4 is 0 Å². The number of aromatic nitrogens is 2. The summed E-state index contributed by atoms with van der Waals surface area (Å²) in [5.41, 5.74) is 5.95. The van der Waals surface area contributed by atoms with Crippen molar-refractivity contribution in [1.82, 2.24) is 9.78 Å². The summed E-state index contributed by atoms with van der Waals surface area (Å²) >= 11 is 0. The summed E-state index contributed by atoms with van der Waals surface area (Å²) in [5.74, 6) is 0.446.